The minimum atomic E-state index is 0.507. The van der Waals surface area contributed by atoms with Gasteiger partial charge in [-0.25, -0.2) is 0 Å². The molecular weight excluding hydrogens is 332 g/mol. The Hall–Kier alpha value is -3.33. The van der Waals surface area contributed by atoms with E-state index in [0.717, 1.165) is 33.6 Å². The standard InChI is InChI=1S/C24H20N2O/c1-16(2)17-12-14-19(15-13-17)23-22(18-8-4-3-5-9-18)25-24-26(23)20-10-6-7-11-21(20)27-24/h3-16H,1-2H3. The Labute approximate surface area is 157 Å². The van der Waals surface area contributed by atoms with Crippen LogP contribution in [0.25, 0.3) is 39.5 Å². The summed E-state index contributed by atoms with van der Waals surface area (Å²) in [5.41, 5.74) is 7.44. The zero-order valence-electron chi connectivity index (χ0n) is 15.4. The minimum Gasteiger partial charge on any atom is -0.423 e. The number of oxazole rings is 1. The first kappa shape index (κ1) is 15.9. The van der Waals surface area contributed by atoms with Crippen LogP contribution in [0, 0.1) is 0 Å². The van der Waals surface area contributed by atoms with Crippen molar-refractivity contribution in [2.24, 2.45) is 0 Å². The highest BCUT2D eigenvalue weighted by Crippen LogP contribution is 2.36. The third-order valence-electron chi connectivity index (χ3n) is 5.05. The van der Waals surface area contributed by atoms with Crippen molar-refractivity contribution in [2.45, 2.75) is 19.8 Å². The van der Waals surface area contributed by atoms with Crippen LogP contribution in [0.1, 0.15) is 25.3 Å². The smallest absolute Gasteiger partial charge is 0.307 e. The van der Waals surface area contributed by atoms with Crippen molar-refractivity contribution in [1.82, 2.24) is 9.38 Å². The third-order valence-corrected chi connectivity index (χ3v) is 5.05. The van der Waals surface area contributed by atoms with E-state index in [-0.39, 0.29) is 0 Å². The molecule has 5 aromatic rings. The van der Waals surface area contributed by atoms with Crippen LogP contribution in [-0.4, -0.2) is 9.38 Å². The number of nitrogens with zero attached hydrogens (tertiary/aromatic N) is 2. The number of hydrogen-bond donors (Lipinski definition) is 0. The topological polar surface area (TPSA) is 30.4 Å². The molecule has 0 N–H and O–H groups in total. The molecule has 0 bridgehead atoms. The summed E-state index contributed by atoms with van der Waals surface area (Å²) in [6.07, 6.45) is 0. The number of aromatic nitrogens is 2. The average molecular weight is 352 g/mol. The van der Waals surface area contributed by atoms with Gasteiger partial charge in [0.05, 0.1) is 11.2 Å². The average Bonchev–Trinajstić information content (AvgIpc) is 3.25. The molecule has 5 rings (SSSR count). The zero-order chi connectivity index (χ0) is 18.4. The first-order valence-corrected chi connectivity index (χ1v) is 9.28. The fourth-order valence-electron chi connectivity index (χ4n) is 3.61. The molecule has 27 heavy (non-hydrogen) atoms. The number of benzene rings is 3. The van der Waals surface area contributed by atoms with E-state index < -0.39 is 0 Å². The summed E-state index contributed by atoms with van der Waals surface area (Å²) in [5.74, 6) is 1.13. The van der Waals surface area contributed by atoms with E-state index in [4.69, 9.17) is 9.40 Å². The second kappa shape index (κ2) is 6.13. The van der Waals surface area contributed by atoms with Crippen molar-refractivity contribution in [3.8, 4) is 22.5 Å². The molecule has 0 unspecified atom stereocenters. The molecule has 0 amide bonds. The van der Waals surface area contributed by atoms with Crippen molar-refractivity contribution in [3.63, 3.8) is 0 Å². The lowest BCUT2D eigenvalue weighted by Crippen LogP contribution is -1.91. The zero-order valence-corrected chi connectivity index (χ0v) is 15.4. The van der Waals surface area contributed by atoms with Crippen LogP contribution in [-0.2, 0) is 0 Å². The van der Waals surface area contributed by atoms with E-state index in [2.05, 4.69) is 60.7 Å². The van der Waals surface area contributed by atoms with Gasteiger partial charge in [0.2, 0.25) is 0 Å². The van der Waals surface area contributed by atoms with E-state index in [1.54, 1.807) is 0 Å². The number of imidazole rings is 1. The Bertz CT molecular complexity index is 1230. The van der Waals surface area contributed by atoms with Crippen molar-refractivity contribution in [1.29, 1.82) is 0 Å². The van der Waals surface area contributed by atoms with Crippen LogP contribution < -0.4 is 0 Å². The second-order valence-corrected chi connectivity index (χ2v) is 7.14. The quantitative estimate of drug-likeness (QED) is 0.369. The van der Waals surface area contributed by atoms with Crippen LogP contribution in [0.3, 0.4) is 0 Å². The molecule has 0 atom stereocenters. The molecule has 0 fully saturated rings. The van der Waals surface area contributed by atoms with Crippen molar-refractivity contribution < 1.29 is 4.42 Å². The first-order chi connectivity index (χ1) is 13.2. The Kier molecular flexibility index (Phi) is 3.61. The normalized spacial score (nSPS) is 11.7. The van der Waals surface area contributed by atoms with Gasteiger partial charge in [-0.15, -0.1) is 0 Å². The second-order valence-electron chi connectivity index (χ2n) is 7.14. The maximum absolute atomic E-state index is 6.03. The van der Waals surface area contributed by atoms with E-state index >= 15 is 0 Å². The van der Waals surface area contributed by atoms with Gasteiger partial charge in [0.1, 0.15) is 5.69 Å². The molecule has 0 saturated carbocycles. The van der Waals surface area contributed by atoms with Gasteiger partial charge in [-0.05, 0) is 23.6 Å². The monoisotopic (exact) mass is 352 g/mol. The molecule has 0 aliphatic heterocycles. The maximum atomic E-state index is 6.03. The van der Waals surface area contributed by atoms with Gasteiger partial charge in [-0.3, -0.25) is 4.40 Å². The molecule has 2 aromatic heterocycles. The fraction of sp³-hybridized carbons (Fsp3) is 0.125. The molecule has 132 valence electrons. The first-order valence-electron chi connectivity index (χ1n) is 9.28. The summed E-state index contributed by atoms with van der Waals surface area (Å²) >= 11 is 0. The van der Waals surface area contributed by atoms with Crippen LogP contribution >= 0.6 is 0 Å². The minimum absolute atomic E-state index is 0.507. The number of fused-ring (bicyclic) bond motifs is 3. The number of para-hydroxylation sites is 2. The summed E-state index contributed by atoms with van der Waals surface area (Å²) in [7, 11) is 0. The Morgan fingerprint density at radius 2 is 1.48 bits per heavy atom. The molecular formula is C24H20N2O. The summed E-state index contributed by atoms with van der Waals surface area (Å²) < 4.78 is 8.16. The van der Waals surface area contributed by atoms with Gasteiger partial charge in [0, 0.05) is 11.1 Å². The van der Waals surface area contributed by atoms with Crippen LogP contribution in [0.2, 0.25) is 0 Å². The molecule has 0 radical (unpaired) electrons. The predicted octanol–water partition coefficient (Wildman–Crippen LogP) is 6.54. The van der Waals surface area contributed by atoms with Gasteiger partial charge in [0.15, 0.2) is 5.58 Å². The van der Waals surface area contributed by atoms with Crippen molar-refractivity contribution in [3.05, 3.63) is 84.4 Å². The van der Waals surface area contributed by atoms with Gasteiger partial charge < -0.3 is 4.42 Å². The molecule has 2 heterocycles. The summed E-state index contributed by atoms with van der Waals surface area (Å²) in [6.45, 7) is 4.43. The third kappa shape index (κ3) is 2.55. The van der Waals surface area contributed by atoms with E-state index in [0.29, 0.717) is 11.8 Å². The predicted molar refractivity (Wildman–Crippen MR) is 110 cm³/mol. The molecule has 0 aliphatic rings. The van der Waals surface area contributed by atoms with Gasteiger partial charge >= 0.3 is 5.84 Å². The van der Waals surface area contributed by atoms with Crippen molar-refractivity contribution in [2.75, 3.05) is 0 Å². The Morgan fingerprint density at radius 1 is 0.778 bits per heavy atom. The highest BCUT2D eigenvalue weighted by Gasteiger charge is 2.20. The number of hydrogen-bond acceptors (Lipinski definition) is 2. The lowest BCUT2D eigenvalue weighted by Gasteiger charge is -2.09. The lowest BCUT2D eigenvalue weighted by atomic mass is 9.99. The van der Waals surface area contributed by atoms with E-state index in [9.17, 15) is 0 Å². The summed E-state index contributed by atoms with van der Waals surface area (Å²) in [6, 6.07) is 27.2. The van der Waals surface area contributed by atoms with Gasteiger partial charge in [-0.2, -0.15) is 4.98 Å². The Morgan fingerprint density at radius 3 is 2.22 bits per heavy atom. The van der Waals surface area contributed by atoms with Gasteiger partial charge in [0.25, 0.3) is 0 Å². The highest BCUT2D eigenvalue weighted by molar-refractivity contribution is 5.87. The van der Waals surface area contributed by atoms with Crippen LogP contribution in [0.15, 0.2) is 83.3 Å². The molecule has 0 saturated heterocycles. The summed E-state index contributed by atoms with van der Waals surface area (Å²) in [4.78, 5) is 4.85. The maximum Gasteiger partial charge on any atom is 0.307 e. The molecule has 3 aromatic carbocycles. The van der Waals surface area contributed by atoms with E-state index in [1.165, 1.54) is 5.56 Å². The highest BCUT2D eigenvalue weighted by atomic mass is 16.4. The summed E-state index contributed by atoms with van der Waals surface area (Å²) in [5, 5.41) is 0. The molecule has 0 spiro atoms. The van der Waals surface area contributed by atoms with Crippen molar-refractivity contribution >= 4 is 16.9 Å². The lowest BCUT2D eigenvalue weighted by molar-refractivity contribution is 0.642. The van der Waals surface area contributed by atoms with Crippen LogP contribution in [0.4, 0.5) is 0 Å². The largest absolute Gasteiger partial charge is 0.423 e. The SMILES string of the molecule is CC(C)c1ccc(-c2c(-c3ccccc3)nc3oc4ccccc4n23)cc1. The van der Waals surface area contributed by atoms with Gasteiger partial charge in [-0.1, -0.05) is 80.6 Å². The Balaban J connectivity index is 1.83. The molecule has 3 heteroatoms. The fourth-order valence-corrected chi connectivity index (χ4v) is 3.61. The van der Waals surface area contributed by atoms with Crippen LogP contribution in [0.5, 0.6) is 0 Å². The van der Waals surface area contributed by atoms with E-state index in [1.807, 2.05) is 36.4 Å². The molecule has 3 nitrogen and oxygen atoms in total. The molecule has 0 aliphatic carbocycles. The number of rotatable bonds is 3.